The zero-order valence-corrected chi connectivity index (χ0v) is 20.6. The first kappa shape index (κ1) is 21.0. The van der Waals surface area contributed by atoms with Gasteiger partial charge in [-0.25, -0.2) is 19.9 Å². The number of benzene rings is 3. The van der Waals surface area contributed by atoms with Crippen molar-refractivity contribution in [3.63, 3.8) is 0 Å². The number of rotatable bonds is 1. The number of fused-ring (bicyclic) bond motifs is 5. The third kappa shape index (κ3) is 2.58. The van der Waals surface area contributed by atoms with Gasteiger partial charge in [0, 0.05) is 32.7 Å². The second-order valence-corrected chi connectivity index (χ2v) is 10.3. The maximum absolute atomic E-state index is 13.8. The van der Waals surface area contributed by atoms with Crippen LogP contribution in [0.25, 0.3) is 49.3 Å². The molecule has 0 aliphatic carbocycles. The van der Waals surface area contributed by atoms with Gasteiger partial charge >= 0.3 is 0 Å². The minimum Gasteiger partial charge on any atom is -0.268 e. The standard InChI is InChI=1S/C26H9Cl2N5O3S/c27-21-22(28)30-15-9-17-16(8-14(15)29-21)31-23-10-3-4-12-20-13(6-5-11(19(10)20)24(34)32(17)23)26(36)33(25(12)35)18-2-1-7-37-18/h1-9H. The van der Waals surface area contributed by atoms with Crippen LogP contribution in [-0.2, 0) is 0 Å². The van der Waals surface area contributed by atoms with Gasteiger partial charge in [-0.1, -0.05) is 23.2 Å². The van der Waals surface area contributed by atoms with Gasteiger partial charge in [-0.15, -0.1) is 11.3 Å². The van der Waals surface area contributed by atoms with Crippen LogP contribution in [0.3, 0.4) is 0 Å². The number of imidazole rings is 1. The molecule has 176 valence electrons. The van der Waals surface area contributed by atoms with Gasteiger partial charge in [-0.3, -0.25) is 18.8 Å². The number of hydrogen-bond donors (Lipinski definition) is 0. The first-order valence-electron chi connectivity index (χ1n) is 11.0. The second-order valence-electron chi connectivity index (χ2n) is 8.68. The summed E-state index contributed by atoms with van der Waals surface area (Å²) in [5, 5.41) is 4.54. The van der Waals surface area contributed by atoms with Gasteiger partial charge < -0.3 is 0 Å². The minimum atomic E-state index is -0.424. The maximum Gasteiger partial charge on any atom is 0.266 e. The molecular weight excluding hydrogens is 533 g/mol. The lowest BCUT2D eigenvalue weighted by Gasteiger charge is -2.26. The SMILES string of the molecule is O=C1c2ccc3c(=O)n4c5cc6nc(Cl)c(Cl)nc6cc5nc4c4ccc(c2c34)C(=O)N1c1cccs1. The molecule has 8 nitrogen and oxygen atoms in total. The molecule has 4 aromatic heterocycles. The topological polar surface area (TPSA) is 97.5 Å². The van der Waals surface area contributed by atoms with Crippen molar-refractivity contribution in [3.05, 3.63) is 85.7 Å². The van der Waals surface area contributed by atoms with Gasteiger partial charge in [0.15, 0.2) is 10.3 Å². The van der Waals surface area contributed by atoms with Crippen LogP contribution < -0.4 is 10.5 Å². The third-order valence-electron chi connectivity index (χ3n) is 6.79. The van der Waals surface area contributed by atoms with Gasteiger partial charge in [0.05, 0.1) is 22.1 Å². The minimum absolute atomic E-state index is 0.0637. The van der Waals surface area contributed by atoms with Crippen molar-refractivity contribution in [2.75, 3.05) is 4.90 Å². The number of imide groups is 1. The lowest BCUT2D eigenvalue weighted by atomic mass is 9.90. The normalized spacial score (nSPS) is 13.8. The van der Waals surface area contributed by atoms with Crippen LogP contribution in [0.15, 0.2) is 58.7 Å². The van der Waals surface area contributed by atoms with E-state index in [4.69, 9.17) is 28.2 Å². The highest BCUT2D eigenvalue weighted by molar-refractivity contribution is 7.14. The predicted molar refractivity (Wildman–Crippen MR) is 144 cm³/mol. The molecule has 1 aliphatic heterocycles. The Labute approximate surface area is 219 Å². The smallest absolute Gasteiger partial charge is 0.266 e. The van der Waals surface area contributed by atoms with E-state index in [1.165, 1.54) is 20.6 Å². The van der Waals surface area contributed by atoms with Gasteiger partial charge in [0.1, 0.15) is 10.6 Å². The molecule has 0 radical (unpaired) electrons. The Hall–Kier alpha value is -4.18. The van der Waals surface area contributed by atoms with Crippen LogP contribution in [0.2, 0.25) is 10.3 Å². The number of hydrogen-bond acceptors (Lipinski definition) is 7. The van der Waals surface area contributed by atoms with E-state index in [9.17, 15) is 14.4 Å². The zero-order valence-electron chi connectivity index (χ0n) is 18.3. The number of halogens is 2. The van der Waals surface area contributed by atoms with E-state index in [0.29, 0.717) is 65.4 Å². The van der Waals surface area contributed by atoms with Gasteiger partial charge in [0.25, 0.3) is 17.4 Å². The average molecular weight is 542 g/mol. The van der Waals surface area contributed by atoms with Crippen LogP contribution >= 0.6 is 34.5 Å². The van der Waals surface area contributed by atoms with Crippen LogP contribution in [0.5, 0.6) is 0 Å². The summed E-state index contributed by atoms with van der Waals surface area (Å²) in [6.07, 6.45) is 0. The Balaban J connectivity index is 1.51. The van der Waals surface area contributed by atoms with E-state index >= 15 is 0 Å². The number of carbonyl (C=O) groups is 2. The molecular formula is C26H9Cl2N5O3S. The largest absolute Gasteiger partial charge is 0.268 e. The molecule has 0 atom stereocenters. The molecule has 0 bridgehead atoms. The lowest BCUT2D eigenvalue weighted by molar-refractivity contribution is 0.0894. The number of thiophene rings is 1. The molecule has 0 N–H and O–H groups in total. The summed E-state index contributed by atoms with van der Waals surface area (Å²) >= 11 is 13.4. The summed E-state index contributed by atoms with van der Waals surface area (Å²) in [5.74, 6) is -0.848. The fourth-order valence-corrected chi connectivity index (χ4v) is 6.23. The molecule has 3 aromatic carbocycles. The number of pyridine rings is 1. The molecule has 37 heavy (non-hydrogen) atoms. The molecule has 8 rings (SSSR count). The molecule has 0 spiro atoms. The monoisotopic (exact) mass is 541 g/mol. The highest BCUT2D eigenvalue weighted by Crippen LogP contribution is 2.39. The Bertz CT molecular complexity index is 2220. The fraction of sp³-hybridized carbons (Fsp3) is 0. The Morgan fingerprint density at radius 1 is 0.730 bits per heavy atom. The van der Waals surface area contributed by atoms with E-state index < -0.39 is 11.8 Å². The van der Waals surface area contributed by atoms with Crippen molar-refractivity contribution in [2.45, 2.75) is 0 Å². The quantitative estimate of drug-likeness (QED) is 0.247. The summed E-state index contributed by atoms with van der Waals surface area (Å²) in [4.78, 5) is 55.3. The first-order valence-corrected chi connectivity index (χ1v) is 12.7. The molecule has 2 amide bonds. The first-order chi connectivity index (χ1) is 17.9. The Morgan fingerprint density at radius 2 is 1.41 bits per heavy atom. The van der Waals surface area contributed by atoms with E-state index in [1.807, 2.05) is 5.38 Å². The van der Waals surface area contributed by atoms with E-state index in [2.05, 4.69) is 9.97 Å². The highest BCUT2D eigenvalue weighted by Gasteiger charge is 2.36. The predicted octanol–water partition coefficient (Wildman–Crippen LogP) is 5.70. The van der Waals surface area contributed by atoms with Crippen molar-refractivity contribution >= 4 is 101 Å². The summed E-state index contributed by atoms with van der Waals surface area (Å²) in [6, 6.07) is 13.6. The van der Waals surface area contributed by atoms with Crippen molar-refractivity contribution in [1.82, 2.24) is 19.4 Å². The lowest BCUT2D eigenvalue weighted by Crippen LogP contribution is -2.40. The van der Waals surface area contributed by atoms with Crippen LogP contribution in [-0.4, -0.2) is 31.2 Å². The van der Waals surface area contributed by atoms with E-state index in [0.717, 1.165) is 0 Å². The Morgan fingerprint density at radius 3 is 2.08 bits per heavy atom. The van der Waals surface area contributed by atoms with Crippen molar-refractivity contribution < 1.29 is 9.59 Å². The number of aromatic nitrogens is 4. The average Bonchev–Trinajstić information content (AvgIpc) is 3.54. The Kier molecular flexibility index (Phi) is 3.95. The highest BCUT2D eigenvalue weighted by atomic mass is 35.5. The van der Waals surface area contributed by atoms with Crippen LogP contribution in [0, 0.1) is 0 Å². The molecule has 1 aliphatic rings. The molecule has 5 heterocycles. The summed E-state index contributed by atoms with van der Waals surface area (Å²) < 4.78 is 1.52. The molecule has 0 saturated heterocycles. The van der Waals surface area contributed by atoms with Crippen LogP contribution in [0.1, 0.15) is 20.7 Å². The van der Waals surface area contributed by atoms with E-state index in [1.54, 1.807) is 48.5 Å². The van der Waals surface area contributed by atoms with Crippen LogP contribution in [0.4, 0.5) is 5.00 Å². The maximum atomic E-state index is 13.8. The van der Waals surface area contributed by atoms with Crippen molar-refractivity contribution in [2.24, 2.45) is 0 Å². The number of carbonyl (C=O) groups excluding carboxylic acids is 2. The fourth-order valence-electron chi connectivity index (χ4n) is 5.24. The van der Waals surface area contributed by atoms with Crippen molar-refractivity contribution in [3.8, 4) is 0 Å². The van der Waals surface area contributed by atoms with Gasteiger partial charge in [-0.05, 0) is 53.9 Å². The molecule has 7 aromatic rings. The summed E-state index contributed by atoms with van der Waals surface area (Å²) in [6.45, 7) is 0. The number of anilines is 1. The summed E-state index contributed by atoms with van der Waals surface area (Å²) in [7, 11) is 0. The third-order valence-corrected chi connectivity index (χ3v) is 8.26. The molecule has 11 heteroatoms. The van der Waals surface area contributed by atoms with Gasteiger partial charge in [0.2, 0.25) is 0 Å². The molecule has 0 unspecified atom stereocenters. The number of nitrogens with zero attached hydrogens (tertiary/aromatic N) is 5. The second kappa shape index (κ2) is 6.98. The van der Waals surface area contributed by atoms with E-state index in [-0.39, 0.29) is 15.9 Å². The van der Waals surface area contributed by atoms with Crippen molar-refractivity contribution in [1.29, 1.82) is 0 Å². The van der Waals surface area contributed by atoms with Gasteiger partial charge in [-0.2, -0.15) is 0 Å². The zero-order chi connectivity index (χ0) is 25.2. The molecule has 0 fully saturated rings. The summed E-state index contributed by atoms with van der Waals surface area (Å²) in [5.41, 5.74) is 2.84. The number of amides is 2. The molecule has 0 saturated carbocycles.